The molecule has 0 bridgehead atoms. The second kappa shape index (κ2) is 38.0. The number of rotatable bonds is 40. The molecular formula is C46H87N2O6P. The maximum absolute atomic E-state index is 12.9. The summed E-state index contributed by atoms with van der Waals surface area (Å²) in [6, 6.07) is -0.893. The van der Waals surface area contributed by atoms with Crippen molar-refractivity contribution < 1.29 is 32.9 Å². The van der Waals surface area contributed by atoms with E-state index in [1.807, 2.05) is 27.2 Å². The topological polar surface area (TPSA) is 108 Å². The van der Waals surface area contributed by atoms with Crippen molar-refractivity contribution in [2.45, 2.75) is 199 Å². The van der Waals surface area contributed by atoms with Crippen LogP contribution in [-0.4, -0.2) is 68.5 Å². The zero-order valence-electron chi connectivity index (χ0n) is 36.4. The van der Waals surface area contributed by atoms with Crippen LogP contribution in [0.5, 0.6) is 0 Å². The number of nitrogens with zero attached hydrogens (tertiary/aromatic N) is 1. The minimum Gasteiger partial charge on any atom is -0.756 e. The van der Waals surface area contributed by atoms with E-state index in [1.165, 1.54) is 103 Å². The van der Waals surface area contributed by atoms with Crippen LogP contribution in [-0.2, 0) is 18.4 Å². The molecule has 3 atom stereocenters. The van der Waals surface area contributed by atoms with Gasteiger partial charge in [-0.3, -0.25) is 9.36 Å². The van der Waals surface area contributed by atoms with Crippen LogP contribution in [0.3, 0.4) is 0 Å². The quantitative estimate of drug-likeness (QED) is 0.0277. The third kappa shape index (κ3) is 40.5. The van der Waals surface area contributed by atoms with Gasteiger partial charge in [0.25, 0.3) is 7.82 Å². The summed E-state index contributed by atoms with van der Waals surface area (Å²) in [7, 11) is 1.25. The van der Waals surface area contributed by atoms with Crippen molar-refractivity contribution in [2.24, 2.45) is 0 Å². The molecule has 0 aliphatic heterocycles. The van der Waals surface area contributed by atoms with E-state index in [2.05, 4.69) is 55.6 Å². The number of aliphatic hydroxyl groups is 1. The molecule has 2 N–H and O–H groups in total. The number of nitrogens with one attached hydrogen (secondary N) is 1. The van der Waals surface area contributed by atoms with Gasteiger partial charge in [-0.25, -0.2) is 0 Å². The normalized spacial score (nSPS) is 14.8. The van der Waals surface area contributed by atoms with Gasteiger partial charge in [-0.1, -0.05) is 172 Å². The van der Waals surface area contributed by atoms with Crippen LogP contribution in [0.15, 0.2) is 48.6 Å². The van der Waals surface area contributed by atoms with E-state index in [4.69, 9.17) is 9.05 Å². The van der Waals surface area contributed by atoms with Gasteiger partial charge < -0.3 is 28.8 Å². The van der Waals surface area contributed by atoms with E-state index in [-0.39, 0.29) is 19.1 Å². The molecule has 55 heavy (non-hydrogen) atoms. The zero-order valence-corrected chi connectivity index (χ0v) is 37.3. The molecule has 0 aromatic heterocycles. The molecular weight excluding hydrogens is 707 g/mol. The van der Waals surface area contributed by atoms with E-state index >= 15 is 0 Å². The van der Waals surface area contributed by atoms with E-state index in [0.717, 1.165) is 64.2 Å². The van der Waals surface area contributed by atoms with E-state index in [1.54, 1.807) is 6.08 Å². The van der Waals surface area contributed by atoms with Gasteiger partial charge in [0.05, 0.1) is 39.9 Å². The number of allylic oxidation sites excluding steroid dienone is 7. The average Bonchev–Trinajstić information content (AvgIpc) is 3.13. The van der Waals surface area contributed by atoms with E-state index in [0.29, 0.717) is 17.4 Å². The summed E-state index contributed by atoms with van der Waals surface area (Å²) in [6.45, 7) is 4.59. The molecule has 0 spiro atoms. The van der Waals surface area contributed by atoms with Crippen molar-refractivity contribution in [2.75, 3.05) is 40.9 Å². The van der Waals surface area contributed by atoms with Crippen LogP contribution < -0.4 is 10.2 Å². The van der Waals surface area contributed by atoms with Crippen molar-refractivity contribution >= 4 is 13.7 Å². The van der Waals surface area contributed by atoms with Crippen LogP contribution in [0.2, 0.25) is 0 Å². The Morgan fingerprint density at radius 3 is 1.56 bits per heavy atom. The van der Waals surface area contributed by atoms with Gasteiger partial charge >= 0.3 is 0 Å². The number of phosphoric acid groups is 1. The Labute approximate surface area is 339 Å². The van der Waals surface area contributed by atoms with Gasteiger partial charge in [0, 0.05) is 6.42 Å². The Bertz CT molecular complexity index is 1040. The van der Waals surface area contributed by atoms with Gasteiger partial charge in [0.1, 0.15) is 13.2 Å². The molecule has 0 rings (SSSR count). The van der Waals surface area contributed by atoms with Crippen LogP contribution in [0, 0.1) is 0 Å². The Balaban J connectivity index is 4.44. The highest BCUT2D eigenvalue weighted by molar-refractivity contribution is 7.45. The van der Waals surface area contributed by atoms with Crippen LogP contribution in [0.25, 0.3) is 0 Å². The number of carbonyl (C=O) groups is 1. The lowest BCUT2D eigenvalue weighted by Crippen LogP contribution is -2.45. The SMILES string of the molecule is CCCCC/C=C\C/C=C\C/C=C\CCCCCCCCC(=O)NC(COP(=O)([O-])OCC[N+](C)(C)C)C(O)/C=C/CCCCCCCCCCCCCC. The predicted molar refractivity (Wildman–Crippen MR) is 233 cm³/mol. The molecule has 3 unspecified atom stereocenters. The number of aliphatic hydroxyl groups excluding tert-OH is 1. The fourth-order valence-electron chi connectivity index (χ4n) is 6.16. The summed E-state index contributed by atoms with van der Waals surface area (Å²) < 4.78 is 23.2. The molecule has 9 heteroatoms. The molecule has 0 aliphatic rings. The maximum Gasteiger partial charge on any atom is 0.268 e. The Morgan fingerprint density at radius 2 is 1.05 bits per heavy atom. The fourth-order valence-corrected chi connectivity index (χ4v) is 6.88. The third-order valence-electron chi connectivity index (χ3n) is 9.78. The van der Waals surface area contributed by atoms with Gasteiger partial charge in [-0.15, -0.1) is 0 Å². The largest absolute Gasteiger partial charge is 0.756 e. The second-order valence-corrected chi connectivity index (χ2v) is 17.8. The molecule has 0 aliphatic carbocycles. The third-order valence-corrected chi connectivity index (χ3v) is 10.7. The summed E-state index contributed by atoms with van der Waals surface area (Å²) >= 11 is 0. The van der Waals surface area contributed by atoms with Crippen LogP contribution in [0.4, 0.5) is 0 Å². The monoisotopic (exact) mass is 795 g/mol. The minimum atomic E-state index is -4.59. The number of unbranched alkanes of at least 4 members (excludes halogenated alkanes) is 21. The van der Waals surface area contributed by atoms with Crippen molar-refractivity contribution in [3.63, 3.8) is 0 Å². The van der Waals surface area contributed by atoms with E-state index in [9.17, 15) is 19.4 Å². The first-order valence-electron chi connectivity index (χ1n) is 22.5. The Hall–Kier alpha value is -1.54. The number of hydrogen-bond acceptors (Lipinski definition) is 6. The summed E-state index contributed by atoms with van der Waals surface area (Å²) in [5.41, 5.74) is 0. The molecule has 1 amide bonds. The molecule has 0 saturated heterocycles. The summed E-state index contributed by atoms with van der Waals surface area (Å²) in [5.74, 6) is -0.212. The van der Waals surface area contributed by atoms with E-state index < -0.39 is 20.0 Å². The van der Waals surface area contributed by atoms with Gasteiger partial charge in [-0.05, 0) is 57.8 Å². The molecule has 0 heterocycles. The second-order valence-electron chi connectivity index (χ2n) is 16.4. The lowest BCUT2D eigenvalue weighted by molar-refractivity contribution is -0.870. The zero-order chi connectivity index (χ0) is 40.7. The first-order chi connectivity index (χ1) is 26.5. The lowest BCUT2D eigenvalue weighted by atomic mass is 10.0. The molecule has 8 nitrogen and oxygen atoms in total. The van der Waals surface area contributed by atoms with Crippen molar-refractivity contribution in [1.29, 1.82) is 0 Å². The van der Waals surface area contributed by atoms with Gasteiger partial charge in [-0.2, -0.15) is 0 Å². The smallest absolute Gasteiger partial charge is 0.268 e. The molecule has 322 valence electrons. The highest BCUT2D eigenvalue weighted by Gasteiger charge is 2.23. The van der Waals surface area contributed by atoms with Crippen molar-refractivity contribution in [3.8, 4) is 0 Å². The van der Waals surface area contributed by atoms with Crippen LogP contribution >= 0.6 is 7.82 Å². The lowest BCUT2D eigenvalue weighted by Gasteiger charge is -2.29. The average molecular weight is 795 g/mol. The van der Waals surface area contributed by atoms with Gasteiger partial charge in [0.15, 0.2) is 0 Å². The predicted octanol–water partition coefficient (Wildman–Crippen LogP) is 11.8. The number of quaternary nitrogens is 1. The molecule has 0 aromatic carbocycles. The Kier molecular flexibility index (Phi) is 36.9. The van der Waals surface area contributed by atoms with Crippen molar-refractivity contribution in [3.05, 3.63) is 48.6 Å². The van der Waals surface area contributed by atoms with Crippen molar-refractivity contribution in [1.82, 2.24) is 5.32 Å². The van der Waals surface area contributed by atoms with Crippen LogP contribution in [0.1, 0.15) is 187 Å². The summed E-state index contributed by atoms with van der Waals surface area (Å²) in [4.78, 5) is 25.3. The summed E-state index contributed by atoms with van der Waals surface area (Å²) in [6.07, 6.45) is 47.2. The summed E-state index contributed by atoms with van der Waals surface area (Å²) in [5, 5.41) is 13.8. The van der Waals surface area contributed by atoms with Gasteiger partial charge in [0.2, 0.25) is 5.91 Å². The highest BCUT2D eigenvalue weighted by Crippen LogP contribution is 2.38. The minimum absolute atomic E-state index is 0.00528. The molecule has 0 fully saturated rings. The highest BCUT2D eigenvalue weighted by atomic mass is 31.2. The standard InChI is InChI=1S/C46H87N2O6P/c1-6-8-10-12-14-16-18-20-22-23-24-25-26-28-30-32-34-36-38-40-46(50)47-44(43-54-55(51,52)53-42-41-48(3,4)5)45(49)39-37-35-33-31-29-27-21-19-17-15-13-11-9-7-2/h14,16,20,22,24-25,37,39,44-45,49H,6-13,15,17-19,21,23,26-36,38,40-43H2,1-5H3,(H-,47,50,51,52)/b16-14-,22-20-,25-24-,39-37+. The fraction of sp³-hybridized carbons (Fsp3) is 0.804. The number of hydrogen-bond donors (Lipinski definition) is 2. The first-order valence-corrected chi connectivity index (χ1v) is 24.0. The maximum atomic E-state index is 12.9. The first kappa shape index (κ1) is 53.5. The molecule has 0 saturated carbocycles. The Morgan fingerprint density at radius 1 is 0.636 bits per heavy atom. The number of carbonyl (C=O) groups excluding carboxylic acids is 1. The molecule has 0 aromatic rings. The number of phosphoric ester groups is 1. The number of likely N-dealkylation sites (N-methyl/N-ethyl adjacent to an activating group) is 1. The molecule has 0 radical (unpaired) electrons. The number of amides is 1.